The molecule has 2 rings (SSSR count). The van der Waals surface area contributed by atoms with E-state index in [0.29, 0.717) is 6.61 Å². The minimum Gasteiger partial charge on any atom is -0.487 e. The zero-order valence-corrected chi connectivity index (χ0v) is 12.3. The maximum absolute atomic E-state index is 11.6. The van der Waals surface area contributed by atoms with Crippen LogP contribution in [0.4, 0.5) is 0 Å². The summed E-state index contributed by atoms with van der Waals surface area (Å²) in [6.07, 6.45) is 0. The summed E-state index contributed by atoms with van der Waals surface area (Å²) < 4.78 is 28.8. The summed E-state index contributed by atoms with van der Waals surface area (Å²) >= 11 is 0. The van der Waals surface area contributed by atoms with Gasteiger partial charge in [0.25, 0.3) is 0 Å². The number of aryl methyl sites for hydroxylation is 2. The summed E-state index contributed by atoms with van der Waals surface area (Å²) in [5.74, 6) is 0.279. The third-order valence-electron chi connectivity index (χ3n) is 3.05. The Morgan fingerprint density at radius 1 is 1.10 bits per heavy atom. The van der Waals surface area contributed by atoms with E-state index in [0.717, 1.165) is 16.7 Å². The second-order valence-corrected chi connectivity index (χ2v) is 6.24. The lowest BCUT2D eigenvalue weighted by molar-refractivity contribution is 0.297. The summed E-state index contributed by atoms with van der Waals surface area (Å²) in [7, 11) is -3.80. The summed E-state index contributed by atoms with van der Waals surface area (Å²) in [4.78, 5) is 0.0195. The second-order valence-electron chi connectivity index (χ2n) is 4.71. The Morgan fingerprint density at radius 3 is 2.45 bits per heavy atom. The molecule has 0 bridgehead atoms. The molecule has 0 heterocycles. The number of hydrogen-bond donors (Lipinski definition) is 1. The predicted octanol–water partition coefficient (Wildman–Crippen LogP) is 2.53. The van der Waals surface area contributed by atoms with E-state index in [2.05, 4.69) is 0 Å². The molecular weight excluding hydrogens is 274 g/mol. The predicted molar refractivity (Wildman–Crippen MR) is 78.1 cm³/mol. The summed E-state index contributed by atoms with van der Waals surface area (Å²) in [6.45, 7) is 4.09. The number of nitrogens with two attached hydrogens (primary N) is 1. The molecule has 0 aliphatic heterocycles. The molecule has 5 heteroatoms. The number of benzene rings is 2. The molecule has 0 amide bonds. The maximum atomic E-state index is 11.6. The van der Waals surface area contributed by atoms with E-state index in [9.17, 15) is 8.42 Å². The van der Waals surface area contributed by atoms with Gasteiger partial charge in [-0.3, -0.25) is 0 Å². The summed E-state index contributed by atoms with van der Waals surface area (Å²) in [5, 5.41) is 5.22. The van der Waals surface area contributed by atoms with Crippen molar-refractivity contribution >= 4 is 10.0 Å². The van der Waals surface area contributed by atoms with Crippen LogP contribution >= 0.6 is 0 Å². The Labute approximate surface area is 119 Å². The zero-order valence-electron chi connectivity index (χ0n) is 11.5. The molecular formula is C15H17NO3S. The largest absolute Gasteiger partial charge is 0.487 e. The molecule has 0 aromatic heterocycles. The van der Waals surface area contributed by atoms with Crippen LogP contribution in [0.1, 0.15) is 16.7 Å². The number of hydrogen-bond acceptors (Lipinski definition) is 3. The molecule has 4 nitrogen and oxygen atoms in total. The van der Waals surface area contributed by atoms with Crippen LogP contribution < -0.4 is 9.88 Å². The Hall–Kier alpha value is -1.85. The van der Waals surface area contributed by atoms with Crippen LogP contribution in [0.2, 0.25) is 0 Å². The van der Waals surface area contributed by atoms with E-state index in [1.165, 1.54) is 6.07 Å². The molecule has 0 saturated carbocycles. The second kappa shape index (κ2) is 5.64. The lowest BCUT2D eigenvalue weighted by atomic mass is 10.1. The molecule has 20 heavy (non-hydrogen) atoms. The highest BCUT2D eigenvalue weighted by atomic mass is 32.2. The monoisotopic (exact) mass is 291 g/mol. The van der Waals surface area contributed by atoms with Crippen LogP contribution in [0.3, 0.4) is 0 Å². The quantitative estimate of drug-likeness (QED) is 0.941. The molecule has 0 saturated heterocycles. The first-order chi connectivity index (χ1) is 9.38. The lowest BCUT2D eigenvalue weighted by Crippen LogP contribution is -2.14. The van der Waals surface area contributed by atoms with Crippen LogP contribution in [0, 0.1) is 13.8 Å². The fraction of sp³-hybridized carbons (Fsp3) is 0.200. The van der Waals surface area contributed by atoms with E-state index in [1.807, 2.05) is 31.2 Å². The van der Waals surface area contributed by atoms with Crippen molar-refractivity contribution < 1.29 is 13.2 Å². The number of sulfonamides is 1. The van der Waals surface area contributed by atoms with E-state index in [4.69, 9.17) is 9.88 Å². The fourth-order valence-corrected chi connectivity index (χ4v) is 2.64. The highest BCUT2D eigenvalue weighted by Crippen LogP contribution is 2.25. The van der Waals surface area contributed by atoms with Gasteiger partial charge >= 0.3 is 0 Å². The third-order valence-corrected chi connectivity index (χ3v) is 3.98. The molecule has 2 aromatic carbocycles. The van der Waals surface area contributed by atoms with Crippen LogP contribution in [-0.2, 0) is 16.6 Å². The lowest BCUT2D eigenvalue weighted by Gasteiger charge is -2.12. The summed E-state index contributed by atoms with van der Waals surface area (Å²) in [6, 6.07) is 12.7. The van der Waals surface area contributed by atoms with Crippen LogP contribution in [0.15, 0.2) is 47.4 Å². The van der Waals surface area contributed by atoms with Crippen molar-refractivity contribution in [1.82, 2.24) is 0 Å². The molecule has 0 aliphatic rings. The fourth-order valence-electron chi connectivity index (χ4n) is 1.88. The standard InChI is InChI=1S/C15H17NO3S/c1-11-7-8-14(15(9-11)20(16,17)18)19-10-13-6-4-3-5-12(13)2/h3-9H,10H2,1-2H3,(H2,16,17,18). The molecule has 0 fully saturated rings. The van der Waals surface area contributed by atoms with Gasteiger partial charge in [0.1, 0.15) is 17.3 Å². The van der Waals surface area contributed by atoms with E-state index in [1.54, 1.807) is 19.1 Å². The average Bonchev–Trinajstić information content (AvgIpc) is 2.38. The molecule has 0 spiro atoms. The maximum Gasteiger partial charge on any atom is 0.241 e. The zero-order chi connectivity index (χ0) is 14.8. The van der Waals surface area contributed by atoms with Gasteiger partial charge in [-0.15, -0.1) is 0 Å². The minimum absolute atomic E-state index is 0.0195. The smallest absolute Gasteiger partial charge is 0.241 e. The average molecular weight is 291 g/mol. The normalized spacial score (nSPS) is 11.3. The van der Waals surface area contributed by atoms with E-state index >= 15 is 0 Å². The molecule has 2 N–H and O–H groups in total. The molecule has 0 aliphatic carbocycles. The van der Waals surface area contributed by atoms with Crippen molar-refractivity contribution in [3.05, 3.63) is 59.2 Å². The number of rotatable bonds is 4. The van der Waals surface area contributed by atoms with Gasteiger partial charge in [0.05, 0.1) is 0 Å². The van der Waals surface area contributed by atoms with Gasteiger partial charge in [0, 0.05) is 0 Å². The topological polar surface area (TPSA) is 69.4 Å². The van der Waals surface area contributed by atoms with Crippen LogP contribution in [0.25, 0.3) is 0 Å². The van der Waals surface area contributed by atoms with Gasteiger partial charge < -0.3 is 4.74 Å². The van der Waals surface area contributed by atoms with Crippen molar-refractivity contribution in [2.24, 2.45) is 5.14 Å². The molecule has 0 radical (unpaired) electrons. The highest BCUT2D eigenvalue weighted by Gasteiger charge is 2.15. The highest BCUT2D eigenvalue weighted by molar-refractivity contribution is 7.89. The van der Waals surface area contributed by atoms with Crippen molar-refractivity contribution in [2.45, 2.75) is 25.3 Å². The van der Waals surface area contributed by atoms with E-state index in [-0.39, 0.29) is 10.6 Å². The first kappa shape index (κ1) is 14.6. The van der Waals surface area contributed by atoms with E-state index < -0.39 is 10.0 Å². The van der Waals surface area contributed by atoms with Gasteiger partial charge in [-0.05, 0) is 42.7 Å². The molecule has 2 aromatic rings. The molecule has 0 atom stereocenters. The third kappa shape index (κ3) is 3.37. The molecule has 106 valence electrons. The first-order valence-corrected chi connectivity index (χ1v) is 7.73. The Morgan fingerprint density at radius 2 is 1.80 bits per heavy atom. The van der Waals surface area contributed by atoms with Crippen molar-refractivity contribution in [3.8, 4) is 5.75 Å². The van der Waals surface area contributed by atoms with Crippen LogP contribution in [-0.4, -0.2) is 8.42 Å². The summed E-state index contributed by atoms with van der Waals surface area (Å²) in [5.41, 5.74) is 2.92. The van der Waals surface area contributed by atoms with Crippen LogP contribution in [0.5, 0.6) is 5.75 Å². The first-order valence-electron chi connectivity index (χ1n) is 6.18. The minimum atomic E-state index is -3.80. The van der Waals surface area contributed by atoms with Gasteiger partial charge in [0.15, 0.2) is 0 Å². The van der Waals surface area contributed by atoms with Gasteiger partial charge in [-0.1, -0.05) is 30.3 Å². The Bertz CT molecular complexity index is 724. The van der Waals surface area contributed by atoms with Gasteiger partial charge in [-0.2, -0.15) is 0 Å². The van der Waals surface area contributed by atoms with Gasteiger partial charge in [0.2, 0.25) is 10.0 Å². The number of ether oxygens (including phenoxy) is 1. The number of primary sulfonamides is 1. The Kier molecular flexibility index (Phi) is 4.11. The van der Waals surface area contributed by atoms with Crippen molar-refractivity contribution in [1.29, 1.82) is 0 Å². The van der Waals surface area contributed by atoms with Crippen molar-refractivity contribution in [3.63, 3.8) is 0 Å². The van der Waals surface area contributed by atoms with Gasteiger partial charge in [-0.25, -0.2) is 13.6 Å². The molecule has 0 unspecified atom stereocenters. The SMILES string of the molecule is Cc1ccc(OCc2ccccc2C)c(S(N)(=O)=O)c1. The van der Waals surface area contributed by atoms with Crippen molar-refractivity contribution in [2.75, 3.05) is 0 Å². The Balaban J connectivity index is 2.29.